The highest BCUT2D eigenvalue weighted by atomic mass is 16.5. The molecule has 2 atom stereocenters. The molecule has 0 aliphatic heterocycles. The number of carboxylic acid groups (broad SMARTS) is 2. The average Bonchev–Trinajstić information content (AvgIpc) is 2.87. The first kappa shape index (κ1) is 29.0. The second-order valence-electron chi connectivity index (χ2n) is 9.18. The summed E-state index contributed by atoms with van der Waals surface area (Å²) in [6.07, 6.45) is 0.0397. The van der Waals surface area contributed by atoms with E-state index in [9.17, 15) is 39.0 Å². The Labute approximate surface area is 224 Å². The van der Waals surface area contributed by atoms with Gasteiger partial charge in [-0.15, -0.1) is 0 Å². The fourth-order valence-corrected chi connectivity index (χ4v) is 4.67. The quantitative estimate of drug-likeness (QED) is 0.252. The molecular formula is C28H29NO10. The van der Waals surface area contributed by atoms with Gasteiger partial charge in [-0.2, -0.15) is 0 Å². The molecule has 0 amide bonds. The first-order valence-electron chi connectivity index (χ1n) is 12.2. The minimum absolute atomic E-state index is 0.0111. The molecule has 0 heterocycles. The number of anilines is 1. The van der Waals surface area contributed by atoms with Crippen molar-refractivity contribution in [2.24, 2.45) is 23.7 Å². The molecule has 2 aromatic rings. The Morgan fingerprint density at radius 2 is 1.18 bits per heavy atom. The minimum atomic E-state index is -1.39. The van der Waals surface area contributed by atoms with Crippen LogP contribution in [0.15, 0.2) is 48.5 Å². The molecular weight excluding hydrogens is 510 g/mol. The van der Waals surface area contributed by atoms with E-state index in [0.717, 1.165) is 12.6 Å². The first-order valence-corrected chi connectivity index (χ1v) is 12.2. The minimum Gasteiger partial charge on any atom is -0.481 e. The molecule has 11 nitrogen and oxygen atoms in total. The largest absolute Gasteiger partial charge is 0.481 e. The van der Waals surface area contributed by atoms with Gasteiger partial charge in [0.1, 0.15) is 11.6 Å². The molecule has 0 bridgehead atoms. The van der Waals surface area contributed by atoms with Crippen LogP contribution in [-0.2, 0) is 35.1 Å². The molecule has 206 valence electrons. The molecule has 1 saturated carbocycles. The third kappa shape index (κ3) is 6.86. The highest BCUT2D eigenvalue weighted by molar-refractivity contribution is 6.00. The number of nitrogens with one attached hydrogen (secondary N) is 1. The van der Waals surface area contributed by atoms with Gasteiger partial charge >= 0.3 is 23.9 Å². The summed E-state index contributed by atoms with van der Waals surface area (Å²) in [4.78, 5) is 72.2. The van der Waals surface area contributed by atoms with Crippen LogP contribution in [0.3, 0.4) is 0 Å². The molecule has 0 saturated heterocycles. The Morgan fingerprint density at radius 3 is 1.59 bits per heavy atom. The lowest BCUT2D eigenvalue weighted by atomic mass is 9.53. The number of ether oxygens (including phenoxy) is 2. The van der Waals surface area contributed by atoms with Crippen molar-refractivity contribution in [1.29, 1.82) is 0 Å². The number of carboxylic acids is 2. The van der Waals surface area contributed by atoms with Crippen LogP contribution in [0.4, 0.5) is 5.69 Å². The number of carbonyl (C=O) groups excluding carboxylic acids is 4. The monoisotopic (exact) mass is 539 g/mol. The summed E-state index contributed by atoms with van der Waals surface area (Å²) >= 11 is 0. The molecule has 2 aromatic carbocycles. The van der Waals surface area contributed by atoms with Crippen molar-refractivity contribution in [3.05, 3.63) is 65.2 Å². The van der Waals surface area contributed by atoms with E-state index in [4.69, 9.17) is 9.47 Å². The summed E-state index contributed by atoms with van der Waals surface area (Å²) in [6.45, 7) is 1.19. The molecule has 11 heteroatoms. The number of ketones is 2. The van der Waals surface area contributed by atoms with Crippen molar-refractivity contribution in [3.63, 3.8) is 0 Å². The van der Waals surface area contributed by atoms with E-state index in [1.54, 1.807) is 31.3 Å². The second kappa shape index (κ2) is 12.8. The zero-order valence-electron chi connectivity index (χ0n) is 21.4. The molecule has 3 rings (SSSR count). The summed E-state index contributed by atoms with van der Waals surface area (Å²) in [6, 6.07) is 12.6. The lowest BCUT2D eigenvalue weighted by molar-refractivity contribution is -0.179. The van der Waals surface area contributed by atoms with Crippen molar-refractivity contribution < 1.29 is 48.5 Å². The highest BCUT2D eigenvalue weighted by Crippen LogP contribution is 2.48. The zero-order valence-corrected chi connectivity index (χ0v) is 21.4. The zero-order chi connectivity index (χ0) is 28.7. The third-order valence-electron chi connectivity index (χ3n) is 6.69. The standard InChI is InChI=1S/C28H29NO10/c1-15(30)21-23(25(32)33)22(24(21)26(34)35)20(31)14-16-4-6-17(7-5-16)27(36)38-12-3-13-39-28(37)18-8-10-19(29-2)11-9-18/h4-11,21-24,29H,3,12-14H2,1-2H3,(H,32,33)(H,34,35). The summed E-state index contributed by atoms with van der Waals surface area (Å²) in [5.74, 6) is -10.4. The van der Waals surface area contributed by atoms with Crippen LogP contribution in [-0.4, -0.2) is 65.9 Å². The topological polar surface area (TPSA) is 173 Å². The van der Waals surface area contributed by atoms with Crippen LogP contribution >= 0.6 is 0 Å². The van der Waals surface area contributed by atoms with Gasteiger partial charge in [0.2, 0.25) is 0 Å². The predicted molar refractivity (Wildman–Crippen MR) is 136 cm³/mol. The van der Waals surface area contributed by atoms with E-state index in [-0.39, 0.29) is 31.6 Å². The molecule has 39 heavy (non-hydrogen) atoms. The van der Waals surface area contributed by atoms with E-state index in [1.165, 1.54) is 24.3 Å². The first-order chi connectivity index (χ1) is 18.5. The number of aliphatic carboxylic acids is 2. The number of hydrogen-bond acceptors (Lipinski definition) is 9. The molecule has 0 aromatic heterocycles. The van der Waals surface area contributed by atoms with Gasteiger partial charge in [0.05, 0.1) is 36.2 Å². The lowest BCUT2D eigenvalue weighted by Gasteiger charge is -2.45. The number of carbonyl (C=O) groups is 6. The van der Waals surface area contributed by atoms with E-state index in [2.05, 4.69) is 5.32 Å². The van der Waals surface area contributed by atoms with E-state index < -0.39 is 59.1 Å². The van der Waals surface area contributed by atoms with E-state index in [0.29, 0.717) is 11.1 Å². The molecule has 0 spiro atoms. The molecule has 0 radical (unpaired) electrons. The molecule has 3 N–H and O–H groups in total. The van der Waals surface area contributed by atoms with Crippen molar-refractivity contribution in [2.75, 3.05) is 25.6 Å². The van der Waals surface area contributed by atoms with E-state index in [1.807, 2.05) is 0 Å². The van der Waals surface area contributed by atoms with Crippen LogP contribution in [0.1, 0.15) is 39.6 Å². The summed E-state index contributed by atoms with van der Waals surface area (Å²) < 4.78 is 10.3. The molecule has 1 aliphatic rings. The third-order valence-corrected chi connectivity index (χ3v) is 6.69. The number of hydrogen-bond donors (Lipinski definition) is 3. The fraction of sp³-hybridized carbons (Fsp3) is 0.357. The van der Waals surface area contributed by atoms with Gasteiger partial charge in [-0.05, 0) is 48.9 Å². The number of Topliss-reactive ketones (excluding diaryl/α,β-unsaturated/α-hetero) is 2. The van der Waals surface area contributed by atoms with Gasteiger partial charge in [0, 0.05) is 37.4 Å². The lowest BCUT2D eigenvalue weighted by Crippen LogP contribution is -2.59. The van der Waals surface area contributed by atoms with Crippen LogP contribution in [0.25, 0.3) is 0 Å². The van der Waals surface area contributed by atoms with Crippen LogP contribution < -0.4 is 5.32 Å². The van der Waals surface area contributed by atoms with Gasteiger partial charge < -0.3 is 25.0 Å². The normalized spacial score (nSPS) is 19.7. The Kier molecular flexibility index (Phi) is 9.53. The van der Waals surface area contributed by atoms with Crippen LogP contribution in [0.2, 0.25) is 0 Å². The Bertz CT molecular complexity index is 1230. The predicted octanol–water partition coefficient (Wildman–Crippen LogP) is 2.48. The molecule has 1 aliphatic carbocycles. The molecule has 2 unspecified atom stereocenters. The fourth-order valence-electron chi connectivity index (χ4n) is 4.67. The summed E-state index contributed by atoms with van der Waals surface area (Å²) in [5, 5.41) is 21.9. The Balaban J connectivity index is 1.47. The Morgan fingerprint density at radius 1 is 0.718 bits per heavy atom. The maximum atomic E-state index is 12.8. The van der Waals surface area contributed by atoms with E-state index >= 15 is 0 Å². The van der Waals surface area contributed by atoms with Crippen molar-refractivity contribution in [2.45, 2.75) is 19.8 Å². The Hall–Kier alpha value is -4.54. The van der Waals surface area contributed by atoms with Gasteiger partial charge in [-0.1, -0.05) is 12.1 Å². The highest BCUT2D eigenvalue weighted by Gasteiger charge is 2.62. The van der Waals surface area contributed by atoms with Gasteiger partial charge in [-0.25, -0.2) is 9.59 Å². The average molecular weight is 540 g/mol. The van der Waals surface area contributed by atoms with Crippen LogP contribution in [0, 0.1) is 23.7 Å². The summed E-state index contributed by atoms with van der Waals surface area (Å²) in [5.41, 5.74) is 1.92. The number of esters is 2. The van der Waals surface area contributed by atoms with Crippen molar-refractivity contribution >= 4 is 41.1 Å². The number of benzene rings is 2. The second-order valence-corrected chi connectivity index (χ2v) is 9.18. The van der Waals surface area contributed by atoms with Crippen molar-refractivity contribution in [3.8, 4) is 0 Å². The smallest absolute Gasteiger partial charge is 0.338 e. The van der Waals surface area contributed by atoms with Crippen molar-refractivity contribution in [1.82, 2.24) is 0 Å². The van der Waals surface area contributed by atoms with Gasteiger partial charge in [0.25, 0.3) is 0 Å². The van der Waals surface area contributed by atoms with Gasteiger partial charge in [0.15, 0.2) is 0 Å². The van der Waals surface area contributed by atoms with Gasteiger partial charge in [-0.3, -0.25) is 19.2 Å². The maximum Gasteiger partial charge on any atom is 0.338 e. The van der Waals surface area contributed by atoms with Crippen LogP contribution in [0.5, 0.6) is 0 Å². The maximum absolute atomic E-state index is 12.8. The number of rotatable bonds is 13. The summed E-state index contributed by atoms with van der Waals surface area (Å²) in [7, 11) is 1.77. The molecule has 1 fully saturated rings. The SMILES string of the molecule is CNc1ccc(C(=O)OCCCOC(=O)c2ccc(CC(=O)C3C(C(=O)O)C(C(C)=O)C3C(=O)O)cc2)cc1.